The fourth-order valence-electron chi connectivity index (χ4n) is 1.56. The van der Waals surface area contributed by atoms with Crippen LogP contribution in [0.15, 0.2) is 12.2 Å². The van der Waals surface area contributed by atoms with Crippen molar-refractivity contribution in [3.63, 3.8) is 0 Å². The van der Waals surface area contributed by atoms with Crippen LogP contribution in [0.4, 0.5) is 0 Å². The van der Waals surface area contributed by atoms with Gasteiger partial charge in [0.05, 0.1) is 12.6 Å². The van der Waals surface area contributed by atoms with E-state index >= 15 is 0 Å². The van der Waals surface area contributed by atoms with Crippen LogP contribution >= 0.6 is 0 Å². The highest BCUT2D eigenvalue weighted by Crippen LogP contribution is 2.12. The quantitative estimate of drug-likeness (QED) is 0.602. The lowest BCUT2D eigenvalue weighted by atomic mass is 10.1. The summed E-state index contributed by atoms with van der Waals surface area (Å²) >= 11 is 0. The van der Waals surface area contributed by atoms with Gasteiger partial charge in [0.15, 0.2) is 0 Å². The molecule has 0 saturated heterocycles. The highest BCUT2D eigenvalue weighted by molar-refractivity contribution is 5.00. The van der Waals surface area contributed by atoms with E-state index in [1.165, 1.54) is 0 Å². The average molecular weight is 155 g/mol. The zero-order valence-electron chi connectivity index (χ0n) is 7.33. The third-order valence-corrected chi connectivity index (χ3v) is 2.19. The molecule has 0 aromatic heterocycles. The molecule has 0 fully saturated rings. The third kappa shape index (κ3) is 2.04. The van der Waals surface area contributed by atoms with E-state index < -0.39 is 0 Å². The molecule has 0 saturated carbocycles. The molecule has 0 aromatic rings. The highest BCUT2D eigenvalue weighted by Gasteiger charge is 2.19. The Balaban J connectivity index is 2.56. The van der Waals surface area contributed by atoms with Gasteiger partial charge in [-0.15, -0.1) is 0 Å². The van der Waals surface area contributed by atoms with Gasteiger partial charge in [0.2, 0.25) is 0 Å². The lowest BCUT2D eigenvalue weighted by Crippen LogP contribution is -2.43. The monoisotopic (exact) mass is 155 g/mol. The molecule has 1 unspecified atom stereocenters. The fraction of sp³-hybridized carbons (Fsp3) is 0.778. The molecule has 0 spiro atoms. The molecule has 64 valence electrons. The van der Waals surface area contributed by atoms with Gasteiger partial charge >= 0.3 is 0 Å². The lowest BCUT2D eigenvalue weighted by Gasteiger charge is -2.34. The second-order valence-electron chi connectivity index (χ2n) is 3.30. The maximum atomic E-state index is 9.02. The van der Waals surface area contributed by atoms with Crippen LogP contribution in [0.3, 0.4) is 0 Å². The summed E-state index contributed by atoms with van der Waals surface area (Å²) in [6.45, 7) is 5.66. The van der Waals surface area contributed by atoms with E-state index in [0.717, 1.165) is 13.0 Å². The molecule has 0 amide bonds. The predicted molar refractivity (Wildman–Crippen MR) is 46.5 cm³/mol. The van der Waals surface area contributed by atoms with Crippen molar-refractivity contribution in [2.24, 2.45) is 0 Å². The van der Waals surface area contributed by atoms with Crippen LogP contribution < -0.4 is 0 Å². The van der Waals surface area contributed by atoms with Gasteiger partial charge in [-0.1, -0.05) is 12.2 Å². The largest absolute Gasteiger partial charge is 0.394 e. The van der Waals surface area contributed by atoms with Gasteiger partial charge < -0.3 is 5.11 Å². The van der Waals surface area contributed by atoms with Crippen LogP contribution in [0.5, 0.6) is 0 Å². The van der Waals surface area contributed by atoms with Crippen LogP contribution in [-0.4, -0.2) is 35.2 Å². The standard InChI is InChI=1S/C9H17NO/c1-8(2)10-6-4-3-5-9(10)7-11/h3,5,8-9,11H,4,6-7H2,1-2H3. The first kappa shape index (κ1) is 8.75. The number of hydrogen-bond donors (Lipinski definition) is 1. The predicted octanol–water partition coefficient (Wildman–Crippen LogP) is 1.02. The number of nitrogens with zero attached hydrogens (tertiary/aromatic N) is 1. The minimum absolute atomic E-state index is 0.245. The molecule has 1 aliphatic heterocycles. The van der Waals surface area contributed by atoms with Crippen molar-refractivity contribution >= 4 is 0 Å². The Morgan fingerprint density at radius 2 is 2.36 bits per heavy atom. The summed E-state index contributed by atoms with van der Waals surface area (Å²) in [7, 11) is 0. The minimum atomic E-state index is 0.245. The normalized spacial score (nSPS) is 26.4. The maximum Gasteiger partial charge on any atom is 0.0622 e. The first-order valence-electron chi connectivity index (χ1n) is 4.29. The summed E-state index contributed by atoms with van der Waals surface area (Å²) in [5.41, 5.74) is 0. The van der Waals surface area contributed by atoms with Gasteiger partial charge in [0.1, 0.15) is 0 Å². The van der Waals surface area contributed by atoms with Gasteiger partial charge in [0.25, 0.3) is 0 Å². The lowest BCUT2D eigenvalue weighted by molar-refractivity contribution is 0.119. The summed E-state index contributed by atoms with van der Waals surface area (Å²) in [5.74, 6) is 0. The SMILES string of the molecule is CC(C)N1CCC=CC1CO. The van der Waals surface area contributed by atoms with Crippen LogP contribution in [-0.2, 0) is 0 Å². The van der Waals surface area contributed by atoms with Gasteiger partial charge in [-0.25, -0.2) is 0 Å². The van der Waals surface area contributed by atoms with Crippen molar-refractivity contribution in [2.45, 2.75) is 32.4 Å². The number of hydrogen-bond acceptors (Lipinski definition) is 2. The minimum Gasteiger partial charge on any atom is -0.394 e. The van der Waals surface area contributed by atoms with Crippen molar-refractivity contribution < 1.29 is 5.11 Å². The van der Waals surface area contributed by atoms with E-state index in [-0.39, 0.29) is 12.6 Å². The van der Waals surface area contributed by atoms with E-state index in [4.69, 9.17) is 5.11 Å². The van der Waals surface area contributed by atoms with Gasteiger partial charge in [-0.3, -0.25) is 4.90 Å². The van der Waals surface area contributed by atoms with Crippen molar-refractivity contribution in [1.29, 1.82) is 0 Å². The molecule has 0 bridgehead atoms. The Labute approximate surface area is 68.5 Å². The molecular formula is C9H17NO. The molecule has 2 heteroatoms. The topological polar surface area (TPSA) is 23.5 Å². The Hall–Kier alpha value is -0.340. The zero-order valence-corrected chi connectivity index (χ0v) is 7.33. The van der Waals surface area contributed by atoms with Gasteiger partial charge in [-0.2, -0.15) is 0 Å². The Morgan fingerprint density at radius 3 is 2.82 bits per heavy atom. The van der Waals surface area contributed by atoms with Crippen LogP contribution in [0.25, 0.3) is 0 Å². The van der Waals surface area contributed by atoms with Crippen LogP contribution in [0, 0.1) is 0 Å². The number of aliphatic hydroxyl groups excluding tert-OH is 1. The van der Waals surface area contributed by atoms with Crippen LogP contribution in [0.1, 0.15) is 20.3 Å². The smallest absolute Gasteiger partial charge is 0.0622 e. The molecule has 1 heterocycles. The molecular weight excluding hydrogens is 138 g/mol. The summed E-state index contributed by atoms with van der Waals surface area (Å²) < 4.78 is 0. The molecule has 0 aromatic carbocycles. The molecule has 2 nitrogen and oxygen atoms in total. The summed E-state index contributed by atoms with van der Waals surface area (Å²) in [6.07, 6.45) is 5.37. The first-order valence-corrected chi connectivity index (χ1v) is 4.29. The highest BCUT2D eigenvalue weighted by atomic mass is 16.3. The molecule has 1 N–H and O–H groups in total. The van der Waals surface area contributed by atoms with Crippen molar-refractivity contribution in [2.75, 3.05) is 13.2 Å². The van der Waals surface area contributed by atoms with Gasteiger partial charge in [-0.05, 0) is 20.3 Å². The summed E-state index contributed by atoms with van der Waals surface area (Å²) in [5, 5.41) is 9.02. The second-order valence-corrected chi connectivity index (χ2v) is 3.30. The van der Waals surface area contributed by atoms with Gasteiger partial charge in [0, 0.05) is 12.6 Å². The number of aliphatic hydroxyl groups is 1. The van der Waals surface area contributed by atoms with Crippen molar-refractivity contribution in [1.82, 2.24) is 4.90 Å². The van der Waals surface area contributed by atoms with Crippen LogP contribution in [0.2, 0.25) is 0 Å². The molecule has 1 atom stereocenters. The Morgan fingerprint density at radius 1 is 1.64 bits per heavy atom. The maximum absolute atomic E-state index is 9.02. The third-order valence-electron chi connectivity index (χ3n) is 2.19. The second kappa shape index (κ2) is 3.88. The van der Waals surface area contributed by atoms with E-state index in [9.17, 15) is 0 Å². The van der Waals surface area contributed by atoms with E-state index in [0.29, 0.717) is 6.04 Å². The summed E-state index contributed by atoms with van der Waals surface area (Å²) in [6, 6.07) is 0.792. The molecule has 1 aliphatic rings. The van der Waals surface area contributed by atoms with Crippen molar-refractivity contribution in [3.8, 4) is 0 Å². The zero-order chi connectivity index (χ0) is 8.27. The molecule has 0 aliphatic carbocycles. The first-order chi connectivity index (χ1) is 5.25. The molecule has 11 heavy (non-hydrogen) atoms. The van der Waals surface area contributed by atoms with E-state index in [1.54, 1.807) is 0 Å². The van der Waals surface area contributed by atoms with Crippen molar-refractivity contribution in [3.05, 3.63) is 12.2 Å². The molecule has 0 radical (unpaired) electrons. The van der Waals surface area contributed by atoms with E-state index in [2.05, 4.69) is 30.9 Å². The molecule has 1 rings (SSSR count). The summed E-state index contributed by atoms with van der Waals surface area (Å²) in [4.78, 5) is 2.32. The Bertz CT molecular complexity index is 142. The van der Waals surface area contributed by atoms with E-state index in [1.807, 2.05) is 0 Å². The Kier molecular flexibility index (Phi) is 3.09. The average Bonchev–Trinajstić information content (AvgIpc) is 2.04. The fourth-order valence-corrected chi connectivity index (χ4v) is 1.56. The number of rotatable bonds is 2.